The maximum Gasteiger partial charge on any atom is 0.242 e. The van der Waals surface area contributed by atoms with Crippen LogP contribution in [0.25, 0.3) is 0 Å². The molecule has 2 atom stereocenters. The van der Waals surface area contributed by atoms with Gasteiger partial charge in [0.05, 0.1) is 11.9 Å². The lowest BCUT2D eigenvalue weighted by atomic mass is 10.1. The Balaban J connectivity index is 2.16. The van der Waals surface area contributed by atoms with Crippen LogP contribution in [0.1, 0.15) is 56.7 Å². The first kappa shape index (κ1) is 28.4. The van der Waals surface area contributed by atoms with Gasteiger partial charge in [0.15, 0.2) is 0 Å². The predicted molar refractivity (Wildman–Crippen MR) is 142 cm³/mol. The number of benzene rings is 2. The molecule has 0 radical (unpaired) electrons. The van der Waals surface area contributed by atoms with E-state index < -0.39 is 16.1 Å². The van der Waals surface area contributed by atoms with Gasteiger partial charge in [-0.3, -0.25) is 13.9 Å². The van der Waals surface area contributed by atoms with E-state index in [2.05, 4.69) is 5.32 Å². The van der Waals surface area contributed by atoms with Gasteiger partial charge >= 0.3 is 0 Å². The third kappa shape index (κ3) is 8.69. The molecule has 1 N–H and O–H groups in total. The van der Waals surface area contributed by atoms with E-state index >= 15 is 0 Å². The smallest absolute Gasteiger partial charge is 0.242 e. The van der Waals surface area contributed by atoms with E-state index in [1.54, 1.807) is 17.9 Å². The number of sulfonamides is 1. The van der Waals surface area contributed by atoms with Gasteiger partial charge in [-0.25, -0.2) is 8.42 Å². The van der Waals surface area contributed by atoms with Crippen molar-refractivity contribution in [3.8, 4) is 0 Å². The normalized spacial score (nSPS) is 13.1. The number of hydrogen-bond donors (Lipinski definition) is 1. The fraction of sp³-hybridized carbons (Fsp3) is 0.481. The molecule has 0 aliphatic carbocycles. The summed E-state index contributed by atoms with van der Waals surface area (Å²) in [5, 5.41) is 2.96. The molecule has 0 spiro atoms. The van der Waals surface area contributed by atoms with Gasteiger partial charge in [0.25, 0.3) is 0 Å². The molecule has 0 aromatic heterocycles. The fourth-order valence-corrected chi connectivity index (χ4v) is 4.68. The Morgan fingerprint density at radius 3 is 2.23 bits per heavy atom. The zero-order valence-electron chi connectivity index (χ0n) is 21.7. The van der Waals surface area contributed by atoms with Crippen molar-refractivity contribution in [2.45, 2.75) is 72.5 Å². The van der Waals surface area contributed by atoms with Crippen LogP contribution in [-0.4, -0.2) is 50.0 Å². The Morgan fingerprint density at radius 2 is 1.66 bits per heavy atom. The average Bonchev–Trinajstić information content (AvgIpc) is 2.79. The number of hydrogen-bond acceptors (Lipinski definition) is 4. The predicted octanol–water partition coefficient (Wildman–Crippen LogP) is 4.18. The third-order valence-corrected chi connectivity index (χ3v) is 7.28. The number of anilines is 1. The second-order valence-corrected chi connectivity index (χ2v) is 11.2. The molecule has 8 heteroatoms. The summed E-state index contributed by atoms with van der Waals surface area (Å²) in [6.45, 7) is 10.1. The Labute approximate surface area is 210 Å². The van der Waals surface area contributed by atoms with Crippen LogP contribution in [0.2, 0.25) is 0 Å². The van der Waals surface area contributed by atoms with Crippen LogP contribution in [-0.2, 0) is 26.2 Å². The molecule has 0 aliphatic heterocycles. The molecule has 0 saturated carbocycles. The lowest BCUT2D eigenvalue weighted by Crippen LogP contribution is -2.49. The highest BCUT2D eigenvalue weighted by Gasteiger charge is 2.27. The average molecular weight is 502 g/mol. The van der Waals surface area contributed by atoms with Gasteiger partial charge in [0.1, 0.15) is 6.04 Å². The van der Waals surface area contributed by atoms with Gasteiger partial charge in [-0.1, -0.05) is 48.9 Å². The van der Waals surface area contributed by atoms with Gasteiger partial charge in [-0.15, -0.1) is 0 Å². The van der Waals surface area contributed by atoms with Crippen LogP contribution in [0.4, 0.5) is 5.69 Å². The monoisotopic (exact) mass is 501 g/mol. The van der Waals surface area contributed by atoms with E-state index in [9.17, 15) is 18.0 Å². The van der Waals surface area contributed by atoms with Gasteiger partial charge in [-0.05, 0) is 63.8 Å². The number of amides is 2. The van der Waals surface area contributed by atoms with Crippen molar-refractivity contribution < 1.29 is 18.0 Å². The van der Waals surface area contributed by atoms with Crippen LogP contribution in [0.15, 0.2) is 48.5 Å². The maximum atomic E-state index is 13.3. The molecule has 0 fully saturated rings. The van der Waals surface area contributed by atoms with Gasteiger partial charge in [0, 0.05) is 25.6 Å². The minimum Gasteiger partial charge on any atom is -0.352 e. The standard InChI is InChI=1S/C27H39N3O4S/c1-7-22(4)28-27(32)23(5)29(19-24-15-13-20(2)14-16-24)26(31)12-9-17-30(35(6,33)34)25-11-8-10-21(3)18-25/h8,10-11,13-16,18,22-23H,7,9,12,17,19H2,1-6H3,(H,28,32)/t22-,23-/m1/s1. The maximum absolute atomic E-state index is 13.3. The fourth-order valence-electron chi connectivity index (χ4n) is 3.73. The molecule has 2 aromatic carbocycles. The van der Waals surface area contributed by atoms with E-state index in [-0.39, 0.29) is 30.8 Å². The number of nitrogens with one attached hydrogen (secondary N) is 1. The van der Waals surface area contributed by atoms with E-state index in [1.165, 1.54) is 10.6 Å². The summed E-state index contributed by atoms with van der Waals surface area (Å²) < 4.78 is 26.2. The number of rotatable bonds is 12. The summed E-state index contributed by atoms with van der Waals surface area (Å²) in [4.78, 5) is 27.7. The lowest BCUT2D eigenvalue weighted by Gasteiger charge is -2.30. The van der Waals surface area contributed by atoms with Gasteiger partial charge < -0.3 is 10.2 Å². The molecule has 192 valence electrons. The van der Waals surface area contributed by atoms with E-state index in [0.717, 1.165) is 23.1 Å². The SMILES string of the molecule is CC[C@@H](C)NC(=O)[C@@H](C)N(Cc1ccc(C)cc1)C(=O)CCCN(c1cccc(C)c1)S(C)(=O)=O. The first-order valence-electron chi connectivity index (χ1n) is 12.1. The number of aryl methyl sites for hydroxylation is 2. The van der Waals surface area contributed by atoms with Gasteiger partial charge in [-0.2, -0.15) is 0 Å². The molecule has 2 amide bonds. The van der Waals surface area contributed by atoms with Crippen molar-refractivity contribution in [1.29, 1.82) is 0 Å². The van der Waals surface area contributed by atoms with Crippen LogP contribution < -0.4 is 9.62 Å². The summed E-state index contributed by atoms with van der Waals surface area (Å²) in [5.41, 5.74) is 3.59. The zero-order valence-corrected chi connectivity index (χ0v) is 22.6. The van der Waals surface area contributed by atoms with Gasteiger partial charge in [0.2, 0.25) is 21.8 Å². The topological polar surface area (TPSA) is 86.8 Å². The largest absolute Gasteiger partial charge is 0.352 e. The van der Waals surface area contributed by atoms with Crippen LogP contribution in [0.5, 0.6) is 0 Å². The quantitative estimate of drug-likeness (QED) is 0.473. The van der Waals surface area contributed by atoms with Crippen molar-refractivity contribution in [3.63, 3.8) is 0 Å². The van der Waals surface area contributed by atoms with Crippen LogP contribution in [0, 0.1) is 13.8 Å². The second-order valence-electron chi connectivity index (χ2n) is 9.28. The van der Waals surface area contributed by atoms with Crippen LogP contribution >= 0.6 is 0 Å². The van der Waals surface area contributed by atoms with E-state index in [0.29, 0.717) is 18.7 Å². The first-order valence-corrected chi connectivity index (χ1v) is 14.0. The molecule has 7 nitrogen and oxygen atoms in total. The molecule has 2 rings (SSSR count). The van der Waals surface area contributed by atoms with Crippen molar-refractivity contribution in [3.05, 3.63) is 65.2 Å². The summed E-state index contributed by atoms with van der Waals surface area (Å²) in [6.07, 6.45) is 2.43. The van der Waals surface area contributed by atoms with Crippen molar-refractivity contribution >= 4 is 27.5 Å². The number of carbonyl (C=O) groups is 2. The van der Waals surface area contributed by atoms with Crippen molar-refractivity contribution in [2.24, 2.45) is 0 Å². The minimum atomic E-state index is -3.51. The highest BCUT2D eigenvalue weighted by atomic mass is 32.2. The Morgan fingerprint density at radius 1 is 1.00 bits per heavy atom. The molecule has 0 bridgehead atoms. The second kappa shape index (κ2) is 12.7. The van der Waals surface area contributed by atoms with E-state index in [4.69, 9.17) is 0 Å². The zero-order chi connectivity index (χ0) is 26.2. The van der Waals surface area contributed by atoms with Crippen molar-refractivity contribution in [2.75, 3.05) is 17.1 Å². The van der Waals surface area contributed by atoms with E-state index in [1.807, 2.05) is 70.2 Å². The Bertz CT molecular complexity index is 1100. The Kier molecular flexibility index (Phi) is 10.3. The molecule has 0 aliphatic rings. The number of carbonyl (C=O) groups excluding carboxylic acids is 2. The Hall–Kier alpha value is -2.87. The highest BCUT2D eigenvalue weighted by molar-refractivity contribution is 7.92. The lowest BCUT2D eigenvalue weighted by molar-refractivity contribution is -0.140. The number of nitrogens with zero attached hydrogens (tertiary/aromatic N) is 2. The first-order chi connectivity index (χ1) is 16.4. The molecule has 35 heavy (non-hydrogen) atoms. The summed E-state index contributed by atoms with van der Waals surface area (Å²) >= 11 is 0. The molecular weight excluding hydrogens is 462 g/mol. The highest BCUT2D eigenvalue weighted by Crippen LogP contribution is 2.20. The molecule has 0 heterocycles. The summed E-state index contributed by atoms with van der Waals surface area (Å²) in [7, 11) is -3.51. The minimum absolute atomic E-state index is 0.0129. The van der Waals surface area contributed by atoms with Crippen LogP contribution in [0.3, 0.4) is 0 Å². The summed E-state index contributed by atoms with van der Waals surface area (Å²) in [6, 6.07) is 14.5. The summed E-state index contributed by atoms with van der Waals surface area (Å²) in [5.74, 6) is -0.382. The molecule has 2 aromatic rings. The van der Waals surface area contributed by atoms with Crippen molar-refractivity contribution in [1.82, 2.24) is 10.2 Å². The third-order valence-electron chi connectivity index (χ3n) is 6.08. The molecule has 0 saturated heterocycles. The molecule has 0 unspecified atom stereocenters. The molecular formula is C27H39N3O4S.